The van der Waals surface area contributed by atoms with E-state index < -0.39 is 21.5 Å². The maximum Gasteiger partial charge on any atom is 0.335 e. The molecule has 2 fully saturated rings. The molecule has 1 aromatic rings. The number of nitrogens with zero attached hydrogens (tertiary/aromatic N) is 1. The third kappa shape index (κ3) is 2.18. The molecule has 2 aliphatic heterocycles. The molecule has 1 N–H and O–H groups in total. The Morgan fingerprint density at radius 1 is 1.41 bits per heavy atom. The summed E-state index contributed by atoms with van der Waals surface area (Å²) < 4.78 is 37.7. The lowest BCUT2D eigenvalue weighted by Gasteiger charge is -2.48. The summed E-state index contributed by atoms with van der Waals surface area (Å²) in [5.41, 5.74) is -0.465. The van der Waals surface area contributed by atoms with E-state index in [1.54, 1.807) is 0 Å². The lowest BCUT2D eigenvalue weighted by Crippen LogP contribution is -2.62. The topological polar surface area (TPSA) is 93.1 Å². The summed E-state index contributed by atoms with van der Waals surface area (Å²) in [6.45, 7) is 1.40. The van der Waals surface area contributed by atoms with Crippen molar-refractivity contribution < 1.29 is 27.8 Å². The van der Waals surface area contributed by atoms with Crippen LogP contribution in [-0.4, -0.2) is 56.2 Å². The van der Waals surface area contributed by atoms with Crippen molar-refractivity contribution in [2.45, 2.75) is 23.3 Å². The van der Waals surface area contributed by atoms with Crippen LogP contribution in [0.1, 0.15) is 23.2 Å². The fraction of sp³-hybridized carbons (Fsp3) is 0.500. The molecule has 22 heavy (non-hydrogen) atoms. The van der Waals surface area contributed by atoms with E-state index in [9.17, 15) is 13.2 Å². The van der Waals surface area contributed by atoms with Crippen LogP contribution in [0.15, 0.2) is 23.1 Å². The summed E-state index contributed by atoms with van der Waals surface area (Å²) >= 11 is 0. The second kappa shape index (κ2) is 5.22. The van der Waals surface area contributed by atoms with E-state index >= 15 is 0 Å². The second-order valence-corrected chi connectivity index (χ2v) is 7.36. The minimum atomic E-state index is -3.74. The molecule has 0 saturated carbocycles. The number of aromatic carboxylic acids is 1. The number of methoxy groups -OCH3 is 1. The molecule has 2 aliphatic rings. The molecule has 1 aromatic carbocycles. The van der Waals surface area contributed by atoms with Crippen molar-refractivity contribution >= 4 is 16.0 Å². The zero-order valence-electron chi connectivity index (χ0n) is 12.1. The monoisotopic (exact) mass is 327 g/mol. The number of ether oxygens (including phenoxy) is 2. The molecule has 8 heteroatoms. The van der Waals surface area contributed by atoms with Crippen molar-refractivity contribution in [3.05, 3.63) is 23.8 Å². The highest BCUT2D eigenvalue weighted by Crippen LogP contribution is 2.43. The molecular weight excluding hydrogens is 310 g/mol. The molecule has 7 nitrogen and oxygen atoms in total. The van der Waals surface area contributed by atoms with Crippen molar-refractivity contribution in [3.8, 4) is 5.75 Å². The summed E-state index contributed by atoms with van der Waals surface area (Å²) in [7, 11) is -2.42. The van der Waals surface area contributed by atoms with Gasteiger partial charge in [-0.05, 0) is 31.0 Å². The van der Waals surface area contributed by atoms with Crippen LogP contribution in [0.5, 0.6) is 5.75 Å². The molecular formula is C14H17NO6S. The molecule has 0 aliphatic carbocycles. The number of hydrogen-bond acceptors (Lipinski definition) is 5. The Morgan fingerprint density at radius 2 is 2.18 bits per heavy atom. The van der Waals surface area contributed by atoms with E-state index in [0.717, 1.165) is 6.42 Å². The van der Waals surface area contributed by atoms with Gasteiger partial charge in [0.05, 0.1) is 24.8 Å². The van der Waals surface area contributed by atoms with Gasteiger partial charge in [0.1, 0.15) is 10.6 Å². The first-order valence-electron chi connectivity index (χ1n) is 6.93. The molecule has 1 spiro atoms. The van der Waals surface area contributed by atoms with Crippen LogP contribution in [0.2, 0.25) is 0 Å². The van der Waals surface area contributed by atoms with Crippen LogP contribution in [-0.2, 0) is 14.8 Å². The first kappa shape index (κ1) is 15.3. The standard InChI is InChI=1S/C14H17NO6S/c1-20-11-8-10(13(16)17)2-3-12(11)22(18,19)15-6-4-14(15)5-7-21-9-14/h2-3,8H,4-7,9H2,1H3,(H,16,17). The Morgan fingerprint density at radius 3 is 2.68 bits per heavy atom. The largest absolute Gasteiger partial charge is 0.495 e. The summed E-state index contributed by atoms with van der Waals surface area (Å²) in [6.07, 6.45) is 1.46. The Balaban J connectivity index is 2.01. The van der Waals surface area contributed by atoms with E-state index in [2.05, 4.69) is 0 Å². The quantitative estimate of drug-likeness (QED) is 0.885. The Bertz CT molecular complexity index is 708. The first-order chi connectivity index (χ1) is 10.4. The molecule has 1 unspecified atom stereocenters. The molecule has 120 valence electrons. The van der Waals surface area contributed by atoms with Gasteiger partial charge in [0.25, 0.3) is 0 Å². The summed E-state index contributed by atoms with van der Waals surface area (Å²) in [6, 6.07) is 3.79. The average Bonchev–Trinajstić information content (AvgIpc) is 2.96. The molecule has 0 aromatic heterocycles. The smallest absolute Gasteiger partial charge is 0.335 e. The molecule has 2 saturated heterocycles. The molecule has 0 radical (unpaired) electrons. The molecule has 0 amide bonds. The number of carboxylic acids is 1. The van der Waals surface area contributed by atoms with Gasteiger partial charge in [-0.2, -0.15) is 4.31 Å². The number of carbonyl (C=O) groups is 1. The minimum Gasteiger partial charge on any atom is -0.495 e. The van der Waals surface area contributed by atoms with Crippen molar-refractivity contribution in [2.24, 2.45) is 0 Å². The zero-order chi connectivity index (χ0) is 16.0. The Hall–Kier alpha value is -1.64. The maximum atomic E-state index is 12.9. The molecule has 0 bridgehead atoms. The maximum absolute atomic E-state index is 12.9. The number of benzene rings is 1. The normalized spacial score (nSPS) is 25.1. The average molecular weight is 327 g/mol. The predicted octanol–water partition coefficient (Wildman–Crippen LogP) is 0.947. The highest BCUT2D eigenvalue weighted by Gasteiger charge is 2.53. The van der Waals surface area contributed by atoms with Gasteiger partial charge in [-0.15, -0.1) is 0 Å². The van der Waals surface area contributed by atoms with Crippen molar-refractivity contribution in [1.29, 1.82) is 0 Å². The van der Waals surface area contributed by atoms with Gasteiger partial charge in [-0.1, -0.05) is 0 Å². The number of hydrogen-bond donors (Lipinski definition) is 1. The van der Waals surface area contributed by atoms with Crippen LogP contribution >= 0.6 is 0 Å². The van der Waals surface area contributed by atoms with Crippen molar-refractivity contribution in [3.63, 3.8) is 0 Å². The predicted molar refractivity (Wildman–Crippen MR) is 76.6 cm³/mol. The van der Waals surface area contributed by atoms with Crippen molar-refractivity contribution in [1.82, 2.24) is 4.31 Å². The lowest BCUT2D eigenvalue weighted by atomic mass is 9.87. The van der Waals surface area contributed by atoms with Gasteiger partial charge in [0.2, 0.25) is 10.0 Å². The van der Waals surface area contributed by atoms with Crippen LogP contribution in [0.25, 0.3) is 0 Å². The van der Waals surface area contributed by atoms with Crippen LogP contribution in [0.3, 0.4) is 0 Å². The Labute approximate surface area is 128 Å². The highest BCUT2D eigenvalue weighted by molar-refractivity contribution is 7.89. The van der Waals surface area contributed by atoms with Crippen LogP contribution < -0.4 is 4.74 Å². The van der Waals surface area contributed by atoms with E-state index in [1.807, 2.05) is 0 Å². The van der Waals surface area contributed by atoms with Gasteiger partial charge >= 0.3 is 5.97 Å². The van der Waals surface area contributed by atoms with Gasteiger partial charge in [-0.25, -0.2) is 13.2 Å². The second-order valence-electron chi connectivity index (χ2n) is 5.52. The fourth-order valence-corrected chi connectivity index (χ4v) is 4.97. The zero-order valence-corrected chi connectivity index (χ0v) is 12.9. The van der Waals surface area contributed by atoms with Gasteiger partial charge in [-0.3, -0.25) is 0 Å². The van der Waals surface area contributed by atoms with Gasteiger partial charge in [0, 0.05) is 13.2 Å². The van der Waals surface area contributed by atoms with E-state index in [-0.39, 0.29) is 16.2 Å². The van der Waals surface area contributed by atoms with Crippen molar-refractivity contribution in [2.75, 3.05) is 26.9 Å². The third-order valence-corrected chi connectivity index (χ3v) is 6.41. The third-order valence-electron chi connectivity index (χ3n) is 4.37. The fourth-order valence-electron chi connectivity index (χ4n) is 3.02. The van der Waals surface area contributed by atoms with Crippen LogP contribution in [0.4, 0.5) is 0 Å². The van der Waals surface area contributed by atoms with Gasteiger partial charge < -0.3 is 14.6 Å². The summed E-state index contributed by atoms with van der Waals surface area (Å²) in [5.74, 6) is -1.09. The van der Waals surface area contributed by atoms with E-state index in [0.29, 0.717) is 26.2 Å². The lowest BCUT2D eigenvalue weighted by molar-refractivity contribution is 0.0524. The summed E-state index contributed by atoms with van der Waals surface area (Å²) in [4.78, 5) is 11.0. The van der Waals surface area contributed by atoms with E-state index in [4.69, 9.17) is 14.6 Å². The summed E-state index contributed by atoms with van der Waals surface area (Å²) in [5, 5.41) is 9.00. The number of sulfonamides is 1. The minimum absolute atomic E-state index is 0.00836. The van der Waals surface area contributed by atoms with Crippen LogP contribution in [0, 0.1) is 0 Å². The SMILES string of the molecule is COc1cc(C(=O)O)ccc1S(=O)(=O)N1CCC12CCOC2. The molecule has 3 rings (SSSR count). The first-order valence-corrected chi connectivity index (χ1v) is 8.37. The highest BCUT2D eigenvalue weighted by atomic mass is 32.2. The number of rotatable bonds is 4. The van der Waals surface area contributed by atoms with Gasteiger partial charge in [0.15, 0.2) is 0 Å². The molecule has 2 heterocycles. The number of carboxylic acid groups (broad SMARTS) is 1. The van der Waals surface area contributed by atoms with E-state index in [1.165, 1.54) is 29.6 Å². The Kier molecular flexibility index (Phi) is 3.62. The molecule has 1 atom stereocenters.